The van der Waals surface area contributed by atoms with Crippen molar-refractivity contribution in [3.8, 4) is 6.07 Å². The Morgan fingerprint density at radius 2 is 1.67 bits per heavy atom. The van der Waals surface area contributed by atoms with Crippen molar-refractivity contribution in [2.75, 3.05) is 4.90 Å². The fraction of sp³-hybridized carbons (Fsp3) is 0.227. The van der Waals surface area contributed by atoms with Crippen LogP contribution in [0.2, 0.25) is 0 Å². The maximum absolute atomic E-state index is 13.4. The Labute approximate surface area is 157 Å². The molecule has 0 spiro atoms. The predicted molar refractivity (Wildman–Crippen MR) is 100 cm³/mol. The van der Waals surface area contributed by atoms with Crippen LogP contribution in [0.3, 0.4) is 0 Å². The lowest BCUT2D eigenvalue weighted by Gasteiger charge is -2.33. The number of rotatable bonds is 1. The summed E-state index contributed by atoms with van der Waals surface area (Å²) in [6.07, 6.45) is 3.81. The Kier molecular flexibility index (Phi) is 3.26. The highest BCUT2D eigenvalue weighted by molar-refractivity contribution is 6.23. The Hall–Kier alpha value is -3.39. The lowest BCUT2D eigenvalue weighted by Crippen LogP contribution is -2.40. The first kappa shape index (κ1) is 15.8. The maximum atomic E-state index is 13.4. The lowest BCUT2D eigenvalue weighted by atomic mass is 9.85. The van der Waals surface area contributed by atoms with Gasteiger partial charge in [0.2, 0.25) is 11.8 Å². The van der Waals surface area contributed by atoms with E-state index in [1.54, 1.807) is 12.1 Å². The SMILES string of the molecule is Cc1ccc(N2C(=O)[C@@H]3[C@H](C2=O)[C@@H]2c4ccccc4C=CN2[C@H]3C#N)cc1. The first-order chi connectivity index (χ1) is 13.1. The van der Waals surface area contributed by atoms with Crippen molar-refractivity contribution in [3.63, 3.8) is 0 Å². The van der Waals surface area contributed by atoms with Crippen LogP contribution in [-0.2, 0) is 9.59 Å². The van der Waals surface area contributed by atoms with Gasteiger partial charge in [-0.25, -0.2) is 4.90 Å². The third kappa shape index (κ3) is 2.04. The van der Waals surface area contributed by atoms with E-state index in [9.17, 15) is 14.9 Å². The Balaban J connectivity index is 1.63. The van der Waals surface area contributed by atoms with Crippen molar-refractivity contribution < 1.29 is 9.59 Å². The smallest absolute Gasteiger partial charge is 0.240 e. The quantitative estimate of drug-likeness (QED) is 0.738. The van der Waals surface area contributed by atoms with E-state index in [2.05, 4.69) is 6.07 Å². The third-order valence-corrected chi connectivity index (χ3v) is 5.89. The predicted octanol–water partition coefficient (Wildman–Crippen LogP) is 3.03. The fourth-order valence-electron chi connectivity index (χ4n) is 4.65. The van der Waals surface area contributed by atoms with E-state index in [0.717, 1.165) is 16.7 Å². The molecule has 0 aromatic heterocycles. The number of nitrogens with zero attached hydrogens (tertiary/aromatic N) is 3. The van der Waals surface area contributed by atoms with Gasteiger partial charge in [0.15, 0.2) is 0 Å². The van der Waals surface area contributed by atoms with Gasteiger partial charge in [-0.1, -0.05) is 42.0 Å². The van der Waals surface area contributed by atoms with E-state index in [1.165, 1.54) is 4.90 Å². The van der Waals surface area contributed by atoms with Crippen LogP contribution in [0.5, 0.6) is 0 Å². The monoisotopic (exact) mass is 355 g/mol. The lowest BCUT2D eigenvalue weighted by molar-refractivity contribution is -0.123. The van der Waals surface area contributed by atoms with E-state index in [0.29, 0.717) is 5.69 Å². The van der Waals surface area contributed by atoms with Gasteiger partial charge < -0.3 is 4.90 Å². The second-order valence-corrected chi connectivity index (χ2v) is 7.31. The molecule has 2 aromatic rings. The number of hydrogen-bond acceptors (Lipinski definition) is 4. The van der Waals surface area contributed by atoms with Gasteiger partial charge in [-0.15, -0.1) is 0 Å². The normalized spacial score (nSPS) is 28.0. The molecule has 2 aromatic carbocycles. The Morgan fingerprint density at radius 3 is 2.41 bits per heavy atom. The van der Waals surface area contributed by atoms with Crippen LogP contribution in [0.4, 0.5) is 5.69 Å². The van der Waals surface area contributed by atoms with Gasteiger partial charge in [0.05, 0.1) is 29.6 Å². The van der Waals surface area contributed by atoms with Crippen LogP contribution in [-0.4, -0.2) is 22.8 Å². The van der Waals surface area contributed by atoms with Gasteiger partial charge in [-0.05, 0) is 36.3 Å². The van der Waals surface area contributed by atoms with E-state index in [1.807, 2.05) is 60.5 Å². The molecule has 0 saturated carbocycles. The van der Waals surface area contributed by atoms with Crippen LogP contribution in [0.15, 0.2) is 54.7 Å². The second-order valence-electron chi connectivity index (χ2n) is 7.31. The number of nitriles is 1. The number of imide groups is 1. The zero-order chi connectivity index (χ0) is 18.7. The number of carbonyl (C=O) groups excluding carboxylic acids is 2. The van der Waals surface area contributed by atoms with Crippen LogP contribution >= 0.6 is 0 Å². The molecule has 0 N–H and O–H groups in total. The average molecular weight is 355 g/mol. The minimum absolute atomic E-state index is 0.216. The van der Waals surface area contributed by atoms with Gasteiger partial charge in [-0.3, -0.25) is 9.59 Å². The van der Waals surface area contributed by atoms with Gasteiger partial charge in [0, 0.05) is 6.20 Å². The summed E-state index contributed by atoms with van der Waals surface area (Å²) in [7, 11) is 0. The topological polar surface area (TPSA) is 64.4 Å². The third-order valence-electron chi connectivity index (χ3n) is 5.89. The van der Waals surface area contributed by atoms with Crippen LogP contribution < -0.4 is 4.90 Å². The molecule has 3 aliphatic heterocycles. The molecular weight excluding hydrogens is 338 g/mol. The van der Waals surface area contributed by atoms with Crippen molar-refractivity contribution in [1.82, 2.24) is 4.90 Å². The van der Waals surface area contributed by atoms with Gasteiger partial charge in [0.25, 0.3) is 0 Å². The van der Waals surface area contributed by atoms with Crippen molar-refractivity contribution in [3.05, 3.63) is 71.4 Å². The molecule has 27 heavy (non-hydrogen) atoms. The minimum atomic E-state index is -0.649. The second kappa shape index (κ2) is 5.55. The number of aryl methyl sites for hydroxylation is 1. The standard InChI is InChI=1S/C22H17N3O2/c1-13-6-8-15(9-7-13)25-21(26)18-17(12-23)24-11-10-14-4-2-3-5-16(14)20(24)19(18)22(25)27/h2-11,17-20H,1H3/t17-,18-,19-,20-/m0/s1. The van der Waals surface area contributed by atoms with E-state index in [-0.39, 0.29) is 17.9 Å². The molecular formula is C22H17N3O2. The summed E-state index contributed by atoms with van der Waals surface area (Å²) in [6, 6.07) is 16.6. The van der Waals surface area contributed by atoms with Gasteiger partial charge >= 0.3 is 0 Å². The fourth-order valence-corrected chi connectivity index (χ4v) is 4.65. The summed E-state index contributed by atoms with van der Waals surface area (Å²) in [6.45, 7) is 1.96. The Morgan fingerprint density at radius 1 is 0.963 bits per heavy atom. The summed E-state index contributed by atoms with van der Waals surface area (Å²) < 4.78 is 0. The summed E-state index contributed by atoms with van der Waals surface area (Å²) in [5.41, 5.74) is 3.67. The first-order valence-corrected chi connectivity index (χ1v) is 9.00. The molecule has 5 rings (SSSR count). The van der Waals surface area contributed by atoms with E-state index >= 15 is 0 Å². The molecule has 2 fully saturated rings. The highest BCUT2D eigenvalue weighted by Crippen LogP contribution is 2.52. The highest BCUT2D eigenvalue weighted by atomic mass is 16.2. The molecule has 5 heteroatoms. The van der Waals surface area contributed by atoms with Gasteiger partial charge in [0.1, 0.15) is 6.04 Å². The minimum Gasteiger partial charge on any atom is -0.353 e. The van der Waals surface area contributed by atoms with Crippen molar-refractivity contribution in [2.24, 2.45) is 11.8 Å². The summed E-state index contributed by atoms with van der Waals surface area (Å²) >= 11 is 0. The Bertz CT molecular complexity index is 1030. The van der Waals surface area contributed by atoms with Crippen LogP contribution in [0, 0.1) is 30.1 Å². The first-order valence-electron chi connectivity index (χ1n) is 9.00. The molecule has 0 radical (unpaired) electrons. The summed E-state index contributed by atoms with van der Waals surface area (Å²) in [4.78, 5) is 29.7. The zero-order valence-corrected chi connectivity index (χ0v) is 14.7. The zero-order valence-electron chi connectivity index (χ0n) is 14.7. The molecule has 5 nitrogen and oxygen atoms in total. The molecule has 0 bridgehead atoms. The summed E-state index contributed by atoms with van der Waals surface area (Å²) in [5, 5.41) is 9.79. The number of fused-ring (bicyclic) bond motifs is 5. The summed E-state index contributed by atoms with van der Waals surface area (Å²) in [5.74, 6) is -1.69. The van der Waals surface area contributed by atoms with Crippen molar-refractivity contribution in [2.45, 2.75) is 19.0 Å². The van der Waals surface area contributed by atoms with Gasteiger partial charge in [-0.2, -0.15) is 5.26 Å². The molecule has 2 saturated heterocycles. The number of carbonyl (C=O) groups is 2. The van der Waals surface area contributed by atoms with E-state index in [4.69, 9.17) is 0 Å². The van der Waals surface area contributed by atoms with Crippen LogP contribution in [0.25, 0.3) is 6.08 Å². The molecule has 0 aliphatic carbocycles. The molecule has 2 amide bonds. The van der Waals surface area contributed by atoms with Crippen molar-refractivity contribution >= 4 is 23.6 Å². The number of hydrogen-bond donors (Lipinski definition) is 0. The van der Waals surface area contributed by atoms with Crippen molar-refractivity contribution in [1.29, 1.82) is 5.26 Å². The number of anilines is 1. The molecule has 4 atom stereocenters. The van der Waals surface area contributed by atoms with Crippen LogP contribution in [0.1, 0.15) is 22.7 Å². The number of amides is 2. The largest absolute Gasteiger partial charge is 0.353 e. The van der Waals surface area contributed by atoms with E-state index < -0.39 is 17.9 Å². The highest BCUT2D eigenvalue weighted by Gasteiger charge is 2.63. The molecule has 0 unspecified atom stereocenters. The maximum Gasteiger partial charge on any atom is 0.240 e. The average Bonchev–Trinajstić information content (AvgIpc) is 3.15. The molecule has 3 heterocycles. The molecule has 132 valence electrons. The number of benzene rings is 2. The molecule has 3 aliphatic rings.